The highest BCUT2D eigenvalue weighted by Gasteiger charge is 2.24. The van der Waals surface area contributed by atoms with Crippen molar-refractivity contribution in [2.75, 3.05) is 4.90 Å². The van der Waals surface area contributed by atoms with Crippen LogP contribution in [0.5, 0.6) is 0 Å². The lowest BCUT2D eigenvalue weighted by atomic mass is 9.90. The standard InChI is InChI=1S/C48H29NO2/c1-2-13-30(14-3-1)38-28-39-34-17-6-4-15-32(34)33-16-5-7-18-35(33)40(39)29-43(38)49(31-25-26-46-41(27-31)36-19-8-10-22-44(36)50-46)42-21-12-24-47-48(42)37-20-9-11-23-45(37)51-47/h1-29H. The first-order chi connectivity index (χ1) is 25.3. The first kappa shape index (κ1) is 28.0. The van der Waals surface area contributed by atoms with Gasteiger partial charge in [-0.05, 0) is 92.5 Å². The Kier molecular flexibility index (Phi) is 5.96. The second kappa shape index (κ2) is 10.8. The van der Waals surface area contributed by atoms with Crippen molar-refractivity contribution >= 4 is 93.3 Å². The summed E-state index contributed by atoms with van der Waals surface area (Å²) in [6.07, 6.45) is 0. The van der Waals surface area contributed by atoms with Gasteiger partial charge >= 0.3 is 0 Å². The molecule has 0 aliphatic carbocycles. The molecule has 3 heteroatoms. The molecule has 0 aliphatic rings. The van der Waals surface area contributed by atoms with Gasteiger partial charge in [0.15, 0.2) is 0 Å². The van der Waals surface area contributed by atoms with Crippen molar-refractivity contribution in [3.8, 4) is 11.1 Å². The molecule has 11 aromatic rings. The minimum absolute atomic E-state index is 0.854. The minimum atomic E-state index is 0.854. The molecule has 0 spiro atoms. The minimum Gasteiger partial charge on any atom is -0.456 e. The van der Waals surface area contributed by atoms with Crippen molar-refractivity contribution in [2.45, 2.75) is 0 Å². The largest absolute Gasteiger partial charge is 0.456 e. The van der Waals surface area contributed by atoms with E-state index in [0.29, 0.717) is 0 Å². The van der Waals surface area contributed by atoms with Crippen LogP contribution in [0.1, 0.15) is 0 Å². The molecular weight excluding hydrogens is 623 g/mol. The molecule has 0 saturated heterocycles. The normalized spacial score (nSPS) is 11.9. The molecule has 0 fully saturated rings. The highest BCUT2D eigenvalue weighted by molar-refractivity contribution is 6.27. The lowest BCUT2D eigenvalue weighted by Gasteiger charge is -2.29. The maximum Gasteiger partial charge on any atom is 0.137 e. The van der Waals surface area contributed by atoms with Crippen molar-refractivity contribution in [3.63, 3.8) is 0 Å². The summed E-state index contributed by atoms with van der Waals surface area (Å²) in [5, 5.41) is 11.8. The Labute approximate surface area is 293 Å². The molecule has 3 nitrogen and oxygen atoms in total. The molecule has 0 N–H and O–H groups in total. The van der Waals surface area contributed by atoms with Gasteiger partial charge in [-0.25, -0.2) is 0 Å². The number of benzene rings is 9. The van der Waals surface area contributed by atoms with E-state index in [0.717, 1.165) is 72.1 Å². The number of hydrogen-bond acceptors (Lipinski definition) is 3. The smallest absolute Gasteiger partial charge is 0.137 e. The van der Waals surface area contributed by atoms with Crippen LogP contribution in [0.2, 0.25) is 0 Å². The van der Waals surface area contributed by atoms with E-state index < -0.39 is 0 Å². The van der Waals surface area contributed by atoms with Gasteiger partial charge in [-0.3, -0.25) is 0 Å². The summed E-state index contributed by atoms with van der Waals surface area (Å²) >= 11 is 0. The van der Waals surface area contributed by atoms with Crippen LogP contribution in [0.3, 0.4) is 0 Å². The number of para-hydroxylation sites is 2. The predicted octanol–water partition coefficient (Wildman–Crippen LogP) is 14.1. The zero-order chi connectivity index (χ0) is 33.5. The third kappa shape index (κ3) is 4.19. The van der Waals surface area contributed by atoms with Gasteiger partial charge < -0.3 is 13.7 Å². The number of furan rings is 2. The first-order valence-electron chi connectivity index (χ1n) is 17.3. The third-order valence-electron chi connectivity index (χ3n) is 10.4. The Bertz CT molecular complexity index is 3150. The summed E-state index contributed by atoms with van der Waals surface area (Å²) in [5.74, 6) is 0. The molecule has 2 heterocycles. The van der Waals surface area contributed by atoms with E-state index in [1.54, 1.807) is 0 Å². The van der Waals surface area contributed by atoms with Crippen molar-refractivity contribution in [3.05, 3.63) is 176 Å². The van der Waals surface area contributed by atoms with E-state index in [4.69, 9.17) is 8.83 Å². The molecule has 51 heavy (non-hydrogen) atoms. The average Bonchev–Trinajstić information content (AvgIpc) is 3.77. The van der Waals surface area contributed by atoms with E-state index in [-0.39, 0.29) is 0 Å². The van der Waals surface area contributed by atoms with Gasteiger partial charge in [-0.1, -0.05) is 121 Å². The van der Waals surface area contributed by atoms with E-state index in [1.807, 2.05) is 18.2 Å². The predicted molar refractivity (Wildman–Crippen MR) is 214 cm³/mol. The summed E-state index contributed by atoms with van der Waals surface area (Å²) < 4.78 is 12.8. The van der Waals surface area contributed by atoms with E-state index in [1.165, 1.54) is 32.3 Å². The van der Waals surface area contributed by atoms with Crippen molar-refractivity contribution in [1.29, 1.82) is 0 Å². The monoisotopic (exact) mass is 651 g/mol. The number of fused-ring (bicyclic) bond motifs is 12. The molecule has 0 atom stereocenters. The molecule has 9 aromatic carbocycles. The Balaban J connectivity index is 1.32. The van der Waals surface area contributed by atoms with Crippen LogP contribution in [-0.2, 0) is 0 Å². The molecule has 2 aromatic heterocycles. The first-order valence-corrected chi connectivity index (χ1v) is 17.3. The Hall–Kier alpha value is -6.84. The van der Waals surface area contributed by atoms with Crippen LogP contribution < -0.4 is 4.90 Å². The second-order valence-electron chi connectivity index (χ2n) is 13.2. The van der Waals surface area contributed by atoms with E-state index in [9.17, 15) is 0 Å². The molecule has 0 radical (unpaired) electrons. The molecule has 0 saturated carbocycles. The molecule has 238 valence electrons. The lowest BCUT2D eigenvalue weighted by molar-refractivity contribution is 0.668. The van der Waals surface area contributed by atoms with E-state index >= 15 is 0 Å². The molecular formula is C48H29NO2. The van der Waals surface area contributed by atoms with Crippen molar-refractivity contribution in [2.24, 2.45) is 0 Å². The highest BCUT2D eigenvalue weighted by Crippen LogP contribution is 2.49. The molecule has 0 amide bonds. The second-order valence-corrected chi connectivity index (χ2v) is 13.2. The van der Waals surface area contributed by atoms with Crippen LogP contribution in [-0.4, -0.2) is 0 Å². The fraction of sp³-hybridized carbons (Fsp3) is 0. The summed E-state index contributed by atoms with van der Waals surface area (Å²) in [6, 6.07) is 62.7. The number of rotatable bonds is 4. The maximum atomic E-state index is 6.48. The average molecular weight is 652 g/mol. The summed E-state index contributed by atoms with van der Waals surface area (Å²) in [4.78, 5) is 2.43. The van der Waals surface area contributed by atoms with Gasteiger partial charge in [-0.2, -0.15) is 0 Å². The van der Waals surface area contributed by atoms with Gasteiger partial charge in [0.05, 0.1) is 16.8 Å². The lowest BCUT2D eigenvalue weighted by Crippen LogP contribution is -2.12. The summed E-state index contributed by atoms with van der Waals surface area (Å²) in [7, 11) is 0. The van der Waals surface area contributed by atoms with Crippen molar-refractivity contribution in [1.82, 2.24) is 0 Å². The molecule has 0 aliphatic heterocycles. The molecule has 11 rings (SSSR count). The van der Waals surface area contributed by atoms with Crippen LogP contribution in [0.15, 0.2) is 185 Å². The van der Waals surface area contributed by atoms with Crippen LogP contribution >= 0.6 is 0 Å². The topological polar surface area (TPSA) is 29.5 Å². The Morgan fingerprint density at radius 3 is 1.57 bits per heavy atom. The Morgan fingerprint density at radius 2 is 0.843 bits per heavy atom. The fourth-order valence-electron chi connectivity index (χ4n) is 8.18. The molecule has 0 unspecified atom stereocenters. The van der Waals surface area contributed by atoms with Gasteiger partial charge in [0.25, 0.3) is 0 Å². The SMILES string of the molecule is c1ccc(-c2cc3c4ccccc4c4ccccc4c3cc2N(c2ccc3oc4ccccc4c3c2)c2cccc3oc4ccccc4c23)cc1. The van der Waals surface area contributed by atoms with Crippen LogP contribution in [0.4, 0.5) is 17.1 Å². The third-order valence-corrected chi connectivity index (χ3v) is 10.4. The van der Waals surface area contributed by atoms with Gasteiger partial charge in [0, 0.05) is 27.4 Å². The fourth-order valence-corrected chi connectivity index (χ4v) is 8.18. The number of hydrogen-bond donors (Lipinski definition) is 0. The molecule has 0 bridgehead atoms. The number of nitrogens with zero attached hydrogens (tertiary/aromatic N) is 1. The maximum absolute atomic E-state index is 6.48. The van der Waals surface area contributed by atoms with Crippen molar-refractivity contribution < 1.29 is 8.83 Å². The van der Waals surface area contributed by atoms with Crippen LogP contribution in [0.25, 0.3) is 87.3 Å². The zero-order valence-corrected chi connectivity index (χ0v) is 27.5. The zero-order valence-electron chi connectivity index (χ0n) is 27.5. The van der Waals surface area contributed by atoms with Gasteiger partial charge in [0.2, 0.25) is 0 Å². The number of anilines is 3. The quantitative estimate of drug-likeness (QED) is 0.177. The summed E-state index contributed by atoms with van der Waals surface area (Å²) in [5.41, 5.74) is 8.93. The Morgan fingerprint density at radius 1 is 0.314 bits per heavy atom. The van der Waals surface area contributed by atoms with E-state index in [2.05, 4.69) is 163 Å². The summed E-state index contributed by atoms with van der Waals surface area (Å²) in [6.45, 7) is 0. The van der Waals surface area contributed by atoms with Gasteiger partial charge in [-0.15, -0.1) is 0 Å². The van der Waals surface area contributed by atoms with Crippen LogP contribution in [0, 0.1) is 0 Å². The highest BCUT2D eigenvalue weighted by atomic mass is 16.3. The van der Waals surface area contributed by atoms with Gasteiger partial charge in [0.1, 0.15) is 22.3 Å².